The van der Waals surface area contributed by atoms with Crippen molar-refractivity contribution >= 4 is 5.97 Å². The van der Waals surface area contributed by atoms with Crippen molar-refractivity contribution in [2.24, 2.45) is 0 Å². The number of rotatable bonds is 10. The maximum absolute atomic E-state index is 11.3. The van der Waals surface area contributed by atoms with E-state index in [2.05, 4.69) is 10.3 Å². The van der Waals surface area contributed by atoms with Crippen molar-refractivity contribution < 1.29 is 18.7 Å². The van der Waals surface area contributed by atoms with Crippen LogP contribution in [-0.2, 0) is 22.5 Å². The molecule has 0 saturated heterocycles. The molecule has 3 aromatic rings. The first-order chi connectivity index (χ1) is 13.7. The second-order valence-corrected chi connectivity index (χ2v) is 6.16. The molecule has 1 N–H and O–H groups in total. The van der Waals surface area contributed by atoms with Crippen molar-refractivity contribution in [1.29, 1.82) is 0 Å². The van der Waals surface area contributed by atoms with Gasteiger partial charge < -0.3 is 19.2 Å². The largest absolute Gasteiger partial charge is 0.493 e. The van der Waals surface area contributed by atoms with Crippen LogP contribution in [0.25, 0.3) is 11.5 Å². The number of ether oxygens (including phenoxy) is 2. The number of aromatic nitrogens is 1. The minimum atomic E-state index is -0.245. The van der Waals surface area contributed by atoms with Crippen LogP contribution in [0.4, 0.5) is 0 Å². The monoisotopic (exact) mass is 380 g/mol. The van der Waals surface area contributed by atoms with Gasteiger partial charge in [-0.2, -0.15) is 0 Å². The molecule has 1 aromatic heterocycles. The van der Waals surface area contributed by atoms with Crippen LogP contribution in [-0.4, -0.2) is 30.7 Å². The zero-order chi connectivity index (χ0) is 19.6. The molecule has 0 unspecified atom stereocenters. The second-order valence-electron chi connectivity index (χ2n) is 6.16. The van der Waals surface area contributed by atoms with E-state index >= 15 is 0 Å². The first-order valence-corrected chi connectivity index (χ1v) is 9.32. The van der Waals surface area contributed by atoms with Gasteiger partial charge in [0, 0.05) is 18.5 Å². The summed E-state index contributed by atoms with van der Waals surface area (Å²) in [5, 5.41) is 3.05. The van der Waals surface area contributed by atoms with Crippen molar-refractivity contribution in [2.75, 3.05) is 19.8 Å². The summed E-state index contributed by atoms with van der Waals surface area (Å²) in [5.41, 5.74) is 2.89. The highest BCUT2D eigenvalue weighted by atomic mass is 16.5. The molecular weight excluding hydrogens is 356 g/mol. The molecule has 3 rings (SSSR count). The van der Waals surface area contributed by atoms with Crippen LogP contribution in [0, 0.1) is 0 Å². The molecule has 2 aromatic carbocycles. The van der Waals surface area contributed by atoms with Gasteiger partial charge in [0.05, 0.1) is 25.5 Å². The van der Waals surface area contributed by atoms with E-state index in [1.807, 2.05) is 54.6 Å². The van der Waals surface area contributed by atoms with Crippen LogP contribution in [0.5, 0.6) is 5.75 Å². The van der Waals surface area contributed by atoms with Gasteiger partial charge in [-0.1, -0.05) is 30.3 Å². The van der Waals surface area contributed by atoms with Gasteiger partial charge in [0.2, 0.25) is 5.89 Å². The van der Waals surface area contributed by atoms with Crippen molar-refractivity contribution in [3.8, 4) is 17.2 Å². The lowest BCUT2D eigenvalue weighted by atomic mass is 10.2. The summed E-state index contributed by atoms with van der Waals surface area (Å²) in [4.78, 5) is 15.8. The van der Waals surface area contributed by atoms with Gasteiger partial charge in [-0.05, 0) is 36.8 Å². The highest BCUT2D eigenvalue weighted by molar-refractivity contribution is 5.71. The third-order valence-corrected chi connectivity index (χ3v) is 4.03. The molecule has 146 valence electrons. The fourth-order valence-electron chi connectivity index (χ4n) is 2.63. The number of carbonyl (C=O) groups excluding carboxylic acids is 1. The molecule has 28 heavy (non-hydrogen) atoms. The maximum Gasteiger partial charge on any atom is 0.319 e. The topological polar surface area (TPSA) is 73.6 Å². The molecule has 0 radical (unpaired) electrons. The standard InChI is InChI=1S/C22H24N2O4/c1-2-26-21(25)15-23-14-17-8-10-20(11-9-17)27-13-12-19-16-28-22(24-19)18-6-4-3-5-7-18/h3-11,16,23H,2,12-15H2,1H3. The number of benzene rings is 2. The van der Waals surface area contributed by atoms with E-state index in [1.54, 1.807) is 13.2 Å². The zero-order valence-electron chi connectivity index (χ0n) is 15.9. The fraction of sp³-hybridized carbons (Fsp3) is 0.273. The Morgan fingerprint density at radius 1 is 1.11 bits per heavy atom. The number of carbonyl (C=O) groups is 1. The zero-order valence-corrected chi connectivity index (χ0v) is 15.9. The lowest BCUT2D eigenvalue weighted by Gasteiger charge is -2.07. The number of hydrogen-bond acceptors (Lipinski definition) is 6. The predicted octanol–water partition coefficient (Wildman–Crippen LogP) is 3.62. The van der Waals surface area contributed by atoms with Crippen molar-refractivity contribution in [2.45, 2.75) is 19.9 Å². The number of nitrogens with zero attached hydrogens (tertiary/aromatic N) is 1. The molecule has 0 aliphatic rings. The first-order valence-electron chi connectivity index (χ1n) is 9.32. The summed E-state index contributed by atoms with van der Waals surface area (Å²) in [6, 6.07) is 17.6. The van der Waals surface area contributed by atoms with Crippen LogP contribution in [0.3, 0.4) is 0 Å². The second kappa shape index (κ2) is 10.3. The Balaban J connectivity index is 1.40. The Morgan fingerprint density at radius 3 is 2.64 bits per heavy atom. The van der Waals surface area contributed by atoms with Crippen LogP contribution < -0.4 is 10.1 Å². The molecular formula is C22H24N2O4. The van der Waals surface area contributed by atoms with Gasteiger partial charge in [0.25, 0.3) is 0 Å². The van der Waals surface area contributed by atoms with Gasteiger partial charge in [-0.3, -0.25) is 4.79 Å². The minimum Gasteiger partial charge on any atom is -0.493 e. The average molecular weight is 380 g/mol. The van der Waals surface area contributed by atoms with E-state index in [9.17, 15) is 4.79 Å². The Kier molecular flexibility index (Phi) is 7.21. The quantitative estimate of drug-likeness (QED) is 0.542. The molecule has 6 heteroatoms. The third-order valence-electron chi connectivity index (χ3n) is 4.03. The third kappa shape index (κ3) is 5.96. The van der Waals surface area contributed by atoms with E-state index in [4.69, 9.17) is 13.9 Å². The van der Waals surface area contributed by atoms with Crippen LogP contribution in [0.1, 0.15) is 18.2 Å². The van der Waals surface area contributed by atoms with Crippen molar-refractivity contribution in [3.63, 3.8) is 0 Å². The van der Waals surface area contributed by atoms with Crippen LogP contribution in [0.2, 0.25) is 0 Å². The molecule has 0 aliphatic heterocycles. The number of hydrogen-bond donors (Lipinski definition) is 1. The summed E-state index contributed by atoms with van der Waals surface area (Å²) in [6.07, 6.45) is 2.34. The lowest BCUT2D eigenvalue weighted by Crippen LogP contribution is -2.24. The molecule has 0 aliphatic carbocycles. The molecule has 6 nitrogen and oxygen atoms in total. The highest BCUT2D eigenvalue weighted by Gasteiger charge is 2.06. The molecule has 0 atom stereocenters. The van der Waals surface area contributed by atoms with Gasteiger partial charge in [0.15, 0.2) is 0 Å². The fourth-order valence-corrected chi connectivity index (χ4v) is 2.63. The number of esters is 1. The van der Waals surface area contributed by atoms with E-state index in [0.29, 0.717) is 32.1 Å². The Bertz CT molecular complexity index is 860. The summed E-state index contributed by atoms with van der Waals surface area (Å²) < 4.78 is 16.2. The molecule has 0 amide bonds. The molecule has 1 heterocycles. The Morgan fingerprint density at radius 2 is 1.89 bits per heavy atom. The molecule has 0 fully saturated rings. The van der Waals surface area contributed by atoms with E-state index in [-0.39, 0.29) is 12.5 Å². The normalized spacial score (nSPS) is 10.6. The summed E-state index contributed by atoms with van der Waals surface area (Å²) in [5.74, 6) is 1.17. The first kappa shape index (κ1) is 19.6. The highest BCUT2D eigenvalue weighted by Crippen LogP contribution is 2.18. The maximum atomic E-state index is 11.3. The predicted molar refractivity (Wildman–Crippen MR) is 106 cm³/mol. The minimum absolute atomic E-state index is 0.203. The van der Waals surface area contributed by atoms with Gasteiger partial charge in [-0.15, -0.1) is 0 Å². The van der Waals surface area contributed by atoms with E-state index < -0.39 is 0 Å². The molecule has 0 bridgehead atoms. The van der Waals surface area contributed by atoms with Gasteiger partial charge in [0.1, 0.15) is 12.0 Å². The number of oxazole rings is 1. The average Bonchev–Trinajstić information content (AvgIpc) is 3.19. The summed E-state index contributed by atoms with van der Waals surface area (Å²) in [7, 11) is 0. The van der Waals surface area contributed by atoms with Crippen LogP contribution >= 0.6 is 0 Å². The van der Waals surface area contributed by atoms with Crippen molar-refractivity contribution in [3.05, 3.63) is 72.1 Å². The summed E-state index contributed by atoms with van der Waals surface area (Å²) in [6.45, 7) is 3.51. The van der Waals surface area contributed by atoms with Gasteiger partial charge >= 0.3 is 5.97 Å². The lowest BCUT2D eigenvalue weighted by molar-refractivity contribution is -0.142. The van der Waals surface area contributed by atoms with Crippen LogP contribution in [0.15, 0.2) is 65.3 Å². The Labute approximate surface area is 164 Å². The van der Waals surface area contributed by atoms with Gasteiger partial charge in [-0.25, -0.2) is 4.98 Å². The van der Waals surface area contributed by atoms with E-state index in [0.717, 1.165) is 22.6 Å². The smallest absolute Gasteiger partial charge is 0.319 e. The molecule has 0 spiro atoms. The van der Waals surface area contributed by atoms with E-state index in [1.165, 1.54) is 0 Å². The SMILES string of the molecule is CCOC(=O)CNCc1ccc(OCCc2coc(-c3ccccc3)n2)cc1. The molecule has 0 saturated carbocycles. The van der Waals surface area contributed by atoms with Crippen molar-refractivity contribution in [1.82, 2.24) is 10.3 Å². The summed E-state index contributed by atoms with van der Waals surface area (Å²) >= 11 is 0. The number of nitrogens with one attached hydrogen (secondary N) is 1. The Hall–Kier alpha value is -3.12.